The summed E-state index contributed by atoms with van der Waals surface area (Å²) in [5.41, 5.74) is 1.74. The second-order valence-corrected chi connectivity index (χ2v) is 6.19. The predicted molar refractivity (Wildman–Crippen MR) is 95.2 cm³/mol. The molecule has 6 heteroatoms. The van der Waals surface area contributed by atoms with Crippen molar-refractivity contribution in [1.82, 2.24) is 0 Å². The van der Waals surface area contributed by atoms with Crippen LogP contribution in [0.25, 0.3) is 0 Å². The van der Waals surface area contributed by atoms with Crippen LogP contribution < -0.4 is 14.8 Å². The quantitative estimate of drug-likeness (QED) is 0.649. The Hall–Kier alpha value is -1.46. The zero-order valence-electron chi connectivity index (χ0n) is 13.0. The van der Waals surface area contributed by atoms with Crippen molar-refractivity contribution in [2.75, 3.05) is 19.0 Å². The van der Waals surface area contributed by atoms with Crippen LogP contribution in [0.1, 0.15) is 18.9 Å². The molecule has 0 bridgehead atoms. The van der Waals surface area contributed by atoms with Crippen LogP contribution in [0.4, 0.5) is 10.1 Å². The van der Waals surface area contributed by atoms with Gasteiger partial charge < -0.3 is 14.8 Å². The first-order chi connectivity index (χ1) is 11.0. The Kier molecular flexibility index (Phi) is 6.54. The van der Waals surface area contributed by atoms with Gasteiger partial charge >= 0.3 is 0 Å². The molecule has 2 aromatic carbocycles. The van der Waals surface area contributed by atoms with Crippen molar-refractivity contribution >= 4 is 33.2 Å². The fourth-order valence-corrected chi connectivity index (χ4v) is 2.64. The molecule has 0 saturated carbocycles. The number of halogens is 3. The van der Waals surface area contributed by atoms with E-state index < -0.39 is 5.82 Å². The Balaban J connectivity index is 2.14. The highest BCUT2D eigenvalue weighted by Gasteiger charge is 2.10. The molecule has 0 aliphatic rings. The summed E-state index contributed by atoms with van der Waals surface area (Å²) in [6, 6.07) is 8.34. The Labute approximate surface area is 148 Å². The molecule has 0 heterocycles. The monoisotopic (exact) mass is 401 g/mol. The van der Waals surface area contributed by atoms with E-state index in [0.717, 1.165) is 22.1 Å². The van der Waals surface area contributed by atoms with Crippen LogP contribution in [0.5, 0.6) is 11.5 Å². The fraction of sp³-hybridized carbons (Fsp3) is 0.294. The van der Waals surface area contributed by atoms with Gasteiger partial charge in [-0.1, -0.05) is 34.5 Å². The van der Waals surface area contributed by atoms with Crippen LogP contribution in [-0.2, 0) is 6.54 Å². The predicted octanol–water partition coefficient (Wildman–Crippen LogP) is 5.65. The summed E-state index contributed by atoms with van der Waals surface area (Å²) >= 11 is 9.32. The second-order valence-electron chi connectivity index (χ2n) is 4.93. The number of nitrogens with one attached hydrogen (secondary N) is 1. The lowest BCUT2D eigenvalue weighted by Gasteiger charge is -2.14. The Morgan fingerprint density at radius 1 is 1.22 bits per heavy atom. The molecular formula is C17H18BrClFNO2. The first kappa shape index (κ1) is 17.9. The summed E-state index contributed by atoms with van der Waals surface area (Å²) in [6.07, 6.45) is 0.926. The topological polar surface area (TPSA) is 30.5 Å². The third-order valence-corrected chi connectivity index (χ3v) is 4.22. The van der Waals surface area contributed by atoms with E-state index in [9.17, 15) is 4.39 Å². The zero-order valence-corrected chi connectivity index (χ0v) is 15.3. The smallest absolute Gasteiger partial charge is 0.162 e. The molecule has 0 fully saturated rings. The molecule has 2 aromatic rings. The molecule has 0 unspecified atom stereocenters. The first-order valence-corrected chi connectivity index (χ1v) is 8.40. The molecule has 124 valence electrons. The lowest BCUT2D eigenvalue weighted by atomic mass is 10.2. The Bertz CT molecular complexity index is 682. The van der Waals surface area contributed by atoms with E-state index in [2.05, 4.69) is 21.2 Å². The lowest BCUT2D eigenvalue weighted by Crippen LogP contribution is -2.03. The first-order valence-electron chi connectivity index (χ1n) is 7.23. The summed E-state index contributed by atoms with van der Waals surface area (Å²) in [5, 5.41) is 3.30. The maximum atomic E-state index is 13.2. The lowest BCUT2D eigenvalue weighted by molar-refractivity contribution is 0.294. The van der Waals surface area contributed by atoms with E-state index in [1.54, 1.807) is 19.2 Å². The average molecular weight is 403 g/mol. The molecular weight excluding hydrogens is 385 g/mol. The minimum Gasteiger partial charge on any atom is -0.493 e. The molecule has 1 N–H and O–H groups in total. The van der Waals surface area contributed by atoms with Crippen molar-refractivity contribution in [2.24, 2.45) is 0 Å². The van der Waals surface area contributed by atoms with E-state index >= 15 is 0 Å². The molecule has 2 rings (SSSR count). The molecule has 0 radical (unpaired) electrons. The van der Waals surface area contributed by atoms with Crippen molar-refractivity contribution in [2.45, 2.75) is 19.9 Å². The van der Waals surface area contributed by atoms with Gasteiger partial charge in [0.1, 0.15) is 5.82 Å². The molecule has 0 aromatic heterocycles. The molecule has 3 nitrogen and oxygen atoms in total. The van der Waals surface area contributed by atoms with Crippen molar-refractivity contribution < 1.29 is 13.9 Å². The molecule has 0 spiro atoms. The van der Waals surface area contributed by atoms with E-state index in [1.807, 2.05) is 19.1 Å². The molecule has 0 aliphatic carbocycles. The van der Waals surface area contributed by atoms with Crippen molar-refractivity contribution in [3.63, 3.8) is 0 Å². The summed E-state index contributed by atoms with van der Waals surface area (Å²) < 4.78 is 25.1. The van der Waals surface area contributed by atoms with Gasteiger partial charge in [0.15, 0.2) is 11.5 Å². The second kappa shape index (κ2) is 8.41. The highest BCUT2D eigenvalue weighted by molar-refractivity contribution is 9.10. The van der Waals surface area contributed by atoms with Gasteiger partial charge in [0.05, 0.1) is 18.7 Å². The van der Waals surface area contributed by atoms with Crippen LogP contribution in [0.2, 0.25) is 5.02 Å². The third kappa shape index (κ3) is 4.75. The zero-order chi connectivity index (χ0) is 16.8. The number of ether oxygens (including phenoxy) is 2. The highest BCUT2D eigenvalue weighted by atomic mass is 79.9. The van der Waals surface area contributed by atoms with Gasteiger partial charge in [0, 0.05) is 16.7 Å². The SMILES string of the molecule is CCCOc1cc(Br)c(CNc2ccc(F)c(Cl)c2)cc1OC. The van der Waals surface area contributed by atoms with Crippen LogP contribution >= 0.6 is 27.5 Å². The summed E-state index contributed by atoms with van der Waals surface area (Å²) in [7, 11) is 1.61. The maximum absolute atomic E-state index is 13.2. The van der Waals surface area contributed by atoms with Crippen LogP contribution in [0.3, 0.4) is 0 Å². The van der Waals surface area contributed by atoms with Gasteiger partial charge in [-0.25, -0.2) is 4.39 Å². The number of rotatable bonds is 7. The third-order valence-electron chi connectivity index (χ3n) is 3.20. The van der Waals surface area contributed by atoms with E-state index in [0.29, 0.717) is 24.7 Å². The number of hydrogen-bond acceptors (Lipinski definition) is 3. The van der Waals surface area contributed by atoms with Crippen LogP contribution in [0, 0.1) is 5.82 Å². The molecule has 0 atom stereocenters. The minimum absolute atomic E-state index is 0.0926. The van der Waals surface area contributed by atoms with Crippen LogP contribution in [0.15, 0.2) is 34.8 Å². The van der Waals surface area contributed by atoms with Gasteiger partial charge in [-0.2, -0.15) is 0 Å². The molecule has 0 amide bonds. The number of hydrogen-bond donors (Lipinski definition) is 1. The molecule has 0 aliphatic heterocycles. The standard InChI is InChI=1S/C17H18BrClFNO2/c1-3-6-23-17-9-13(18)11(7-16(17)22-2)10-21-12-4-5-15(20)14(19)8-12/h4-5,7-9,21H,3,6,10H2,1-2H3. The maximum Gasteiger partial charge on any atom is 0.162 e. The van der Waals surface area contributed by atoms with Gasteiger partial charge in [0.2, 0.25) is 0 Å². The number of anilines is 1. The Morgan fingerprint density at radius 2 is 2.00 bits per heavy atom. The largest absolute Gasteiger partial charge is 0.493 e. The van der Waals surface area contributed by atoms with Crippen molar-refractivity contribution in [3.8, 4) is 11.5 Å². The van der Waals surface area contributed by atoms with Crippen LogP contribution in [-0.4, -0.2) is 13.7 Å². The Morgan fingerprint density at radius 3 is 2.65 bits per heavy atom. The van der Waals surface area contributed by atoms with Gasteiger partial charge in [-0.05, 0) is 42.3 Å². The molecule has 23 heavy (non-hydrogen) atoms. The minimum atomic E-state index is -0.433. The molecule has 0 saturated heterocycles. The van der Waals surface area contributed by atoms with Crippen molar-refractivity contribution in [1.29, 1.82) is 0 Å². The number of benzene rings is 2. The van der Waals surface area contributed by atoms with Crippen molar-refractivity contribution in [3.05, 3.63) is 51.2 Å². The average Bonchev–Trinajstić information content (AvgIpc) is 2.55. The normalized spacial score (nSPS) is 10.5. The van der Waals surface area contributed by atoms with Gasteiger partial charge in [0.25, 0.3) is 0 Å². The summed E-state index contributed by atoms with van der Waals surface area (Å²) in [5.74, 6) is 0.947. The van der Waals surface area contributed by atoms with E-state index in [1.165, 1.54) is 6.07 Å². The van der Waals surface area contributed by atoms with Gasteiger partial charge in [-0.15, -0.1) is 0 Å². The van der Waals surface area contributed by atoms with E-state index in [4.69, 9.17) is 21.1 Å². The fourth-order valence-electron chi connectivity index (χ4n) is 2.00. The summed E-state index contributed by atoms with van der Waals surface area (Å²) in [4.78, 5) is 0. The summed E-state index contributed by atoms with van der Waals surface area (Å²) in [6.45, 7) is 3.22. The number of methoxy groups -OCH3 is 1. The van der Waals surface area contributed by atoms with E-state index in [-0.39, 0.29) is 5.02 Å². The highest BCUT2D eigenvalue weighted by Crippen LogP contribution is 2.34. The van der Waals surface area contributed by atoms with Gasteiger partial charge in [-0.3, -0.25) is 0 Å².